The average Bonchev–Trinajstić information content (AvgIpc) is 2.19. The van der Waals surface area contributed by atoms with Crippen LogP contribution in [0.15, 0.2) is 12.1 Å². The minimum Gasteiger partial charge on any atom is -0.495 e. The van der Waals surface area contributed by atoms with Crippen molar-refractivity contribution in [2.45, 2.75) is 6.04 Å². The van der Waals surface area contributed by atoms with Crippen molar-refractivity contribution >= 4 is 11.6 Å². The van der Waals surface area contributed by atoms with Gasteiger partial charge in [0.1, 0.15) is 11.6 Å². The molecule has 0 aromatic heterocycles. The fourth-order valence-electron chi connectivity index (χ4n) is 1.10. The smallest absolute Gasteiger partial charge is 0.140 e. The molecule has 0 spiro atoms. The zero-order valence-electron chi connectivity index (χ0n) is 7.63. The van der Waals surface area contributed by atoms with E-state index < -0.39 is 11.9 Å². The van der Waals surface area contributed by atoms with Crippen LogP contribution in [0.5, 0.6) is 5.75 Å². The highest BCUT2D eigenvalue weighted by Crippen LogP contribution is 2.32. The molecule has 0 fully saturated rings. The third kappa shape index (κ3) is 2.15. The number of aliphatic hydroxyl groups is 1. The molecule has 3 nitrogen and oxygen atoms in total. The zero-order chi connectivity index (χ0) is 10.7. The van der Waals surface area contributed by atoms with Crippen LogP contribution in [0.2, 0.25) is 5.02 Å². The lowest BCUT2D eigenvalue weighted by molar-refractivity contribution is 0.267. The van der Waals surface area contributed by atoms with Gasteiger partial charge >= 0.3 is 0 Å². The number of aliphatic hydroxyl groups excluding tert-OH is 1. The predicted molar refractivity (Wildman–Crippen MR) is 52.0 cm³/mol. The Hall–Kier alpha value is -0.840. The first-order chi connectivity index (χ1) is 6.60. The molecule has 0 saturated carbocycles. The molecule has 0 aliphatic heterocycles. The fraction of sp³-hybridized carbons (Fsp3) is 0.333. The van der Waals surface area contributed by atoms with E-state index in [0.29, 0.717) is 5.56 Å². The molecule has 14 heavy (non-hydrogen) atoms. The Morgan fingerprint density at radius 1 is 1.64 bits per heavy atom. The first kappa shape index (κ1) is 11.2. The Labute approximate surface area is 86.2 Å². The third-order valence-electron chi connectivity index (χ3n) is 1.85. The summed E-state index contributed by atoms with van der Waals surface area (Å²) in [5, 5.41) is 9.05. The van der Waals surface area contributed by atoms with E-state index in [-0.39, 0.29) is 17.4 Å². The molecular weight excluding hydrogens is 209 g/mol. The molecule has 0 amide bonds. The number of benzene rings is 1. The maximum Gasteiger partial charge on any atom is 0.140 e. The van der Waals surface area contributed by atoms with Crippen LogP contribution in [-0.2, 0) is 0 Å². The van der Waals surface area contributed by atoms with Gasteiger partial charge in [0.05, 0.1) is 24.8 Å². The van der Waals surface area contributed by atoms with Crippen LogP contribution in [0, 0.1) is 5.82 Å². The van der Waals surface area contributed by atoms with E-state index in [2.05, 4.69) is 0 Å². The van der Waals surface area contributed by atoms with Crippen LogP contribution >= 0.6 is 11.6 Å². The molecule has 1 rings (SSSR count). The molecule has 1 unspecified atom stereocenters. The number of ether oxygens (including phenoxy) is 1. The minimum atomic E-state index is -0.702. The van der Waals surface area contributed by atoms with E-state index in [1.165, 1.54) is 13.2 Å². The molecule has 0 saturated heterocycles. The van der Waals surface area contributed by atoms with Crippen molar-refractivity contribution in [3.8, 4) is 5.75 Å². The first-order valence-corrected chi connectivity index (χ1v) is 4.37. The van der Waals surface area contributed by atoms with E-state index >= 15 is 0 Å². The summed E-state index contributed by atoms with van der Waals surface area (Å²) in [6.07, 6.45) is 0. The normalized spacial score (nSPS) is 12.6. The second-order valence-electron chi connectivity index (χ2n) is 2.80. The summed E-state index contributed by atoms with van der Waals surface area (Å²) in [6.45, 7) is -0.299. The molecule has 1 atom stereocenters. The molecule has 0 aliphatic carbocycles. The van der Waals surface area contributed by atoms with Crippen molar-refractivity contribution < 1.29 is 14.2 Å². The number of halogens is 2. The van der Waals surface area contributed by atoms with Gasteiger partial charge in [-0.25, -0.2) is 4.39 Å². The lowest BCUT2D eigenvalue weighted by atomic mass is 10.1. The molecule has 0 aliphatic rings. The molecule has 5 heteroatoms. The van der Waals surface area contributed by atoms with Gasteiger partial charge in [-0.2, -0.15) is 0 Å². The molecule has 0 bridgehead atoms. The van der Waals surface area contributed by atoms with E-state index in [1.807, 2.05) is 0 Å². The van der Waals surface area contributed by atoms with Crippen LogP contribution in [0.3, 0.4) is 0 Å². The molecule has 78 valence electrons. The highest BCUT2D eigenvalue weighted by Gasteiger charge is 2.14. The van der Waals surface area contributed by atoms with Crippen LogP contribution in [0.25, 0.3) is 0 Å². The predicted octanol–water partition coefficient (Wildman–Crippen LogP) is 1.48. The fourth-order valence-corrected chi connectivity index (χ4v) is 1.43. The van der Waals surface area contributed by atoms with Gasteiger partial charge in [-0.05, 0) is 11.6 Å². The standard InChI is InChI=1S/C9H11ClFNO2/c1-14-8-3-5(11)2-6(9(8)10)7(12)4-13/h2-3,7,13H,4,12H2,1H3. The summed E-state index contributed by atoms with van der Waals surface area (Å²) in [4.78, 5) is 0. The van der Waals surface area contributed by atoms with Gasteiger partial charge in [-0.15, -0.1) is 0 Å². The molecule has 0 radical (unpaired) electrons. The lowest BCUT2D eigenvalue weighted by Crippen LogP contribution is -2.15. The van der Waals surface area contributed by atoms with Crippen molar-refractivity contribution in [3.63, 3.8) is 0 Å². The first-order valence-electron chi connectivity index (χ1n) is 3.99. The average molecular weight is 220 g/mol. The van der Waals surface area contributed by atoms with Gasteiger partial charge in [0.15, 0.2) is 0 Å². The van der Waals surface area contributed by atoms with Gasteiger partial charge in [0.2, 0.25) is 0 Å². The second kappa shape index (κ2) is 4.59. The van der Waals surface area contributed by atoms with Gasteiger partial charge in [0.25, 0.3) is 0 Å². The van der Waals surface area contributed by atoms with E-state index in [9.17, 15) is 4.39 Å². The summed E-state index contributed by atoms with van der Waals surface area (Å²) in [6, 6.07) is 1.65. The Balaban J connectivity index is 3.21. The Bertz CT molecular complexity index is 333. The molecule has 1 aromatic carbocycles. The minimum absolute atomic E-state index is 0.213. The van der Waals surface area contributed by atoms with Gasteiger partial charge in [-0.3, -0.25) is 0 Å². The van der Waals surface area contributed by atoms with Gasteiger partial charge in [0, 0.05) is 6.07 Å². The van der Waals surface area contributed by atoms with Crippen molar-refractivity contribution in [2.24, 2.45) is 5.73 Å². The van der Waals surface area contributed by atoms with Crippen LogP contribution in [-0.4, -0.2) is 18.8 Å². The van der Waals surface area contributed by atoms with Crippen LogP contribution in [0.1, 0.15) is 11.6 Å². The van der Waals surface area contributed by atoms with Crippen molar-refractivity contribution in [2.75, 3.05) is 13.7 Å². The summed E-state index contributed by atoms with van der Waals surface area (Å²) in [7, 11) is 1.38. The number of rotatable bonds is 3. The van der Waals surface area contributed by atoms with E-state index in [4.69, 9.17) is 27.2 Å². The van der Waals surface area contributed by atoms with E-state index in [1.54, 1.807) is 0 Å². The summed E-state index contributed by atoms with van der Waals surface area (Å²) in [5.41, 5.74) is 5.87. The largest absolute Gasteiger partial charge is 0.495 e. The van der Waals surface area contributed by atoms with Crippen LogP contribution in [0.4, 0.5) is 4.39 Å². The molecule has 3 N–H and O–H groups in total. The summed E-state index contributed by atoms with van der Waals surface area (Å²) in [5.74, 6) is -0.282. The summed E-state index contributed by atoms with van der Waals surface area (Å²) >= 11 is 5.87. The number of hydrogen-bond donors (Lipinski definition) is 2. The molecule has 1 aromatic rings. The van der Waals surface area contributed by atoms with Crippen molar-refractivity contribution in [1.29, 1.82) is 0 Å². The zero-order valence-corrected chi connectivity index (χ0v) is 8.38. The number of methoxy groups -OCH3 is 1. The number of hydrogen-bond acceptors (Lipinski definition) is 3. The highest BCUT2D eigenvalue weighted by molar-refractivity contribution is 6.32. The third-order valence-corrected chi connectivity index (χ3v) is 2.25. The Morgan fingerprint density at radius 2 is 2.29 bits per heavy atom. The quantitative estimate of drug-likeness (QED) is 0.810. The van der Waals surface area contributed by atoms with Gasteiger partial charge in [-0.1, -0.05) is 11.6 Å². The lowest BCUT2D eigenvalue weighted by Gasteiger charge is -2.13. The second-order valence-corrected chi connectivity index (χ2v) is 3.18. The monoisotopic (exact) mass is 219 g/mol. The maximum atomic E-state index is 13.0. The van der Waals surface area contributed by atoms with Crippen LogP contribution < -0.4 is 10.5 Å². The Morgan fingerprint density at radius 3 is 2.79 bits per heavy atom. The van der Waals surface area contributed by atoms with E-state index in [0.717, 1.165) is 6.07 Å². The highest BCUT2D eigenvalue weighted by atomic mass is 35.5. The molecule has 0 heterocycles. The molecular formula is C9H11ClFNO2. The van der Waals surface area contributed by atoms with Crippen molar-refractivity contribution in [3.05, 3.63) is 28.5 Å². The Kier molecular flexibility index (Phi) is 3.69. The number of nitrogens with two attached hydrogens (primary N) is 1. The van der Waals surface area contributed by atoms with Crippen molar-refractivity contribution in [1.82, 2.24) is 0 Å². The maximum absolute atomic E-state index is 13.0. The SMILES string of the molecule is COc1cc(F)cc(C(N)CO)c1Cl. The summed E-state index contributed by atoms with van der Waals surface area (Å²) < 4.78 is 17.9. The van der Waals surface area contributed by atoms with Gasteiger partial charge < -0.3 is 15.6 Å². The topological polar surface area (TPSA) is 55.5 Å².